The monoisotopic (exact) mass is 276 g/mol. The topological polar surface area (TPSA) is 63.1 Å². The third-order valence-corrected chi connectivity index (χ3v) is 3.16. The molecule has 0 radical (unpaired) electrons. The van der Waals surface area contributed by atoms with Crippen LogP contribution in [0.3, 0.4) is 0 Å². The van der Waals surface area contributed by atoms with Crippen molar-refractivity contribution >= 4 is 5.97 Å². The maximum absolute atomic E-state index is 10.9. The van der Waals surface area contributed by atoms with Gasteiger partial charge in [-0.25, -0.2) is 4.79 Å². The number of aromatic carboxylic acids is 1. The number of nitrogens with zero attached hydrogens (tertiary/aromatic N) is 2. The molecule has 0 bridgehead atoms. The molecule has 2 aromatic heterocycles. The van der Waals surface area contributed by atoms with E-state index < -0.39 is 5.97 Å². The molecule has 0 unspecified atom stereocenters. The normalized spacial score (nSPS) is 10.3. The number of carboxylic acids is 1. The van der Waals surface area contributed by atoms with Gasteiger partial charge in [-0.3, -0.25) is 9.97 Å². The van der Waals surface area contributed by atoms with E-state index in [1.54, 1.807) is 36.7 Å². The lowest BCUT2D eigenvalue weighted by atomic mass is 10.0. The molecular weight excluding hydrogens is 264 g/mol. The molecule has 1 aromatic carbocycles. The number of aromatic nitrogens is 2. The van der Waals surface area contributed by atoms with Crippen LogP contribution in [-0.2, 0) is 0 Å². The maximum atomic E-state index is 10.9. The van der Waals surface area contributed by atoms with Crippen molar-refractivity contribution in [2.75, 3.05) is 0 Å². The van der Waals surface area contributed by atoms with Crippen LogP contribution in [0.15, 0.2) is 67.0 Å². The standard InChI is InChI=1S/C17H12N2O2/c20-17(21)13-8-6-12(7-9-13)14-4-3-11-19-16(14)15-5-1-2-10-18-15/h1-11H,(H,20,21). The molecule has 0 fully saturated rings. The SMILES string of the molecule is O=C(O)c1ccc(-c2cccnc2-c2ccccn2)cc1. The van der Waals surface area contributed by atoms with E-state index in [-0.39, 0.29) is 5.56 Å². The first-order chi connectivity index (χ1) is 10.3. The number of benzene rings is 1. The Morgan fingerprint density at radius 3 is 2.29 bits per heavy atom. The molecule has 1 N–H and O–H groups in total. The highest BCUT2D eigenvalue weighted by atomic mass is 16.4. The van der Waals surface area contributed by atoms with Crippen molar-refractivity contribution in [3.8, 4) is 22.5 Å². The number of carbonyl (C=O) groups is 1. The fourth-order valence-electron chi connectivity index (χ4n) is 2.14. The van der Waals surface area contributed by atoms with E-state index in [0.717, 1.165) is 22.5 Å². The minimum absolute atomic E-state index is 0.266. The predicted molar refractivity (Wildman–Crippen MR) is 79.9 cm³/mol. The molecule has 0 aliphatic rings. The van der Waals surface area contributed by atoms with Crippen molar-refractivity contribution in [3.05, 3.63) is 72.6 Å². The Bertz CT molecular complexity index is 768. The van der Waals surface area contributed by atoms with Gasteiger partial charge in [-0.05, 0) is 35.9 Å². The Hall–Kier alpha value is -3.01. The second kappa shape index (κ2) is 5.54. The molecule has 3 aromatic rings. The summed E-state index contributed by atoms with van der Waals surface area (Å²) >= 11 is 0. The highest BCUT2D eigenvalue weighted by Crippen LogP contribution is 2.28. The van der Waals surface area contributed by atoms with E-state index >= 15 is 0 Å². The van der Waals surface area contributed by atoms with Crippen LogP contribution < -0.4 is 0 Å². The van der Waals surface area contributed by atoms with Crippen LogP contribution in [0.2, 0.25) is 0 Å². The number of rotatable bonds is 3. The Kier molecular flexibility index (Phi) is 3.43. The quantitative estimate of drug-likeness (QED) is 0.795. The van der Waals surface area contributed by atoms with Crippen molar-refractivity contribution in [2.24, 2.45) is 0 Å². The molecule has 0 atom stereocenters. The molecule has 0 saturated carbocycles. The van der Waals surface area contributed by atoms with Gasteiger partial charge in [0, 0.05) is 18.0 Å². The zero-order valence-electron chi connectivity index (χ0n) is 11.1. The van der Waals surface area contributed by atoms with Crippen LogP contribution in [0.5, 0.6) is 0 Å². The second-order valence-corrected chi connectivity index (χ2v) is 4.50. The summed E-state index contributed by atoms with van der Waals surface area (Å²) in [7, 11) is 0. The van der Waals surface area contributed by atoms with E-state index in [9.17, 15) is 4.79 Å². The zero-order chi connectivity index (χ0) is 14.7. The van der Waals surface area contributed by atoms with E-state index in [0.29, 0.717) is 0 Å². The van der Waals surface area contributed by atoms with Gasteiger partial charge in [0.25, 0.3) is 0 Å². The van der Waals surface area contributed by atoms with Gasteiger partial charge in [-0.15, -0.1) is 0 Å². The Labute approximate surface area is 121 Å². The highest BCUT2D eigenvalue weighted by Gasteiger charge is 2.10. The van der Waals surface area contributed by atoms with Gasteiger partial charge in [-0.2, -0.15) is 0 Å². The van der Waals surface area contributed by atoms with Crippen molar-refractivity contribution in [2.45, 2.75) is 0 Å². The van der Waals surface area contributed by atoms with Gasteiger partial charge < -0.3 is 5.11 Å². The van der Waals surface area contributed by atoms with Gasteiger partial charge in [0.15, 0.2) is 0 Å². The molecule has 2 heterocycles. The maximum Gasteiger partial charge on any atom is 0.335 e. The van der Waals surface area contributed by atoms with E-state index in [1.807, 2.05) is 30.3 Å². The van der Waals surface area contributed by atoms with Gasteiger partial charge in [0.05, 0.1) is 17.0 Å². The molecule has 0 saturated heterocycles. The molecule has 0 amide bonds. The Morgan fingerprint density at radius 2 is 1.62 bits per heavy atom. The van der Waals surface area contributed by atoms with Gasteiger partial charge in [0.2, 0.25) is 0 Å². The Balaban J connectivity index is 2.09. The number of pyridine rings is 2. The number of hydrogen-bond donors (Lipinski definition) is 1. The summed E-state index contributed by atoms with van der Waals surface area (Å²) in [5, 5.41) is 8.96. The third kappa shape index (κ3) is 2.65. The van der Waals surface area contributed by atoms with E-state index in [1.165, 1.54) is 0 Å². The van der Waals surface area contributed by atoms with Crippen molar-refractivity contribution in [1.82, 2.24) is 9.97 Å². The predicted octanol–water partition coefficient (Wildman–Crippen LogP) is 3.51. The largest absolute Gasteiger partial charge is 0.478 e. The molecule has 4 nitrogen and oxygen atoms in total. The molecule has 4 heteroatoms. The van der Waals surface area contributed by atoms with Crippen LogP contribution >= 0.6 is 0 Å². The van der Waals surface area contributed by atoms with Crippen LogP contribution in [0.4, 0.5) is 0 Å². The summed E-state index contributed by atoms with van der Waals surface area (Å²) in [6.45, 7) is 0. The van der Waals surface area contributed by atoms with E-state index in [4.69, 9.17) is 5.11 Å². The molecule has 102 valence electrons. The van der Waals surface area contributed by atoms with Crippen molar-refractivity contribution < 1.29 is 9.90 Å². The van der Waals surface area contributed by atoms with Gasteiger partial charge >= 0.3 is 5.97 Å². The van der Waals surface area contributed by atoms with Crippen LogP contribution in [-0.4, -0.2) is 21.0 Å². The summed E-state index contributed by atoms with van der Waals surface area (Å²) in [6, 6.07) is 16.2. The fourth-order valence-corrected chi connectivity index (χ4v) is 2.14. The minimum atomic E-state index is -0.933. The summed E-state index contributed by atoms with van der Waals surface area (Å²) in [4.78, 5) is 19.6. The lowest BCUT2D eigenvalue weighted by Gasteiger charge is -2.08. The van der Waals surface area contributed by atoms with Gasteiger partial charge in [0.1, 0.15) is 0 Å². The third-order valence-electron chi connectivity index (χ3n) is 3.16. The van der Waals surface area contributed by atoms with Crippen LogP contribution in [0.25, 0.3) is 22.5 Å². The van der Waals surface area contributed by atoms with E-state index in [2.05, 4.69) is 9.97 Å². The molecule has 0 aliphatic heterocycles. The van der Waals surface area contributed by atoms with Crippen LogP contribution in [0.1, 0.15) is 10.4 Å². The van der Waals surface area contributed by atoms with Crippen molar-refractivity contribution in [1.29, 1.82) is 0 Å². The summed E-state index contributed by atoms with van der Waals surface area (Å²) < 4.78 is 0. The molecule has 21 heavy (non-hydrogen) atoms. The first-order valence-electron chi connectivity index (χ1n) is 6.46. The molecule has 0 aliphatic carbocycles. The number of hydrogen-bond acceptors (Lipinski definition) is 3. The minimum Gasteiger partial charge on any atom is -0.478 e. The lowest BCUT2D eigenvalue weighted by Crippen LogP contribution is -1.96. The average molecular weight is 276 g/mol. The van der Waals surface area contributed by atoms with Crippen molar-refractivity contribution in [3.63, 3.8) is 0 Å². The average Bonchev–Trinajstić information content (AvgIpc) is 2.56. The second-order valence-electron chi connectivity index (χ2n) is 4.50. The number of carboxylic acid groups (broad SMARTS) is 1. The molecular formula is C17H12N2O2. The summed E-state index contributed by atoms with van der Waals surface area (Å²) in [5.41, 5.74) is 3.67. The first kappa shape index (κ1) is 13.0. The van der Waals surface area contributed by atoms with Gasteiger partial charge in [-0.1, -0.05) is 24.3 Å². The molecule has 0 spiro atoms. The summed E-state index contributed by atoms with van der Waals surface area (Å²) in [6.07, 6.45) is 3.44. The smallest absolute Gasteiger partial charge is 0.335 e. The fraction of sp³-hybridized carbons (Fsp3) is 0. The lowest BCUT2D eigenvalue weighted by molar-refractivity contribution is 0.0697. The first-order valence-corrected chi connectivity index (χ1v) is 6.46. The zero-order valence-corrected chi connectivity index (χ0v) is 11.1. The highest BCUT2D eigenvalue weighted by molar-refractivity contribution is 5.89. The summed E-state index contributed by atoms with van der Waals surface area (Å²) in [5.74, 6) is -0.933. The Morgan fingerprint density at radius 1 is 0.857 bits per heavy atom. The van der Waals surface area contributed by atoms with Crippen LogP contribution in [0, 0.1) is 0 Å². The molecule has 3 rings (SSSR count).